The first-order valence-corrected chi connectivity index (χ1v) is 19.8. The van der Waals surface area contributed by atoms with Gasteiger partial charge in [0.2, 0.25) is 0 Å². The second-order valence-electron chi connectivity index (χ2n) is 15.6. The third-order valence-corrected chi connectivity index (χ3v) is 10.5. The number of hydrogen-bond donors (Lipinski definition) is 0. The summed E-state index contributed by atoms with van der Waals surface area (Å²) < 4.78 is 50.8. The first kappa shape index (κ1) is 107. The second-order valence-corrected chi connectivity index (χ2v) is 18.6. The van der Waals surface area contributed by atoms with Crippen molar-refractivity contribution in [1.29, 1.82) is 0 Å². The minimum absolute atomic E-state index is 0. The fraction of sp³-hybridized carbons (Fsp3) is 0.526. The molecule has 3 aliphatic rings. The molecule has 29 heteroatoms. The van der Waals surface area contributed by atoms with Crippen LogP contribution in [0.15, 0.2) is 63.0 Å². The number of amides is 2. The summed E-state index contributed by atoms with van der Waals surface area (Å²) in [7, 11) is -0.314. The van der Waals surface area contributed by atoms with Crippen molar-refractivity contribution < 1.29 is 353 Å². The standard InChI is InChI=1S/C16H28BNO4.C16H19BrFNO2.C6H3BrFI.15W/c1-14(2,3)20-13(19)18-10-8-12(9-11-18)17-21-15(4,5)16(6,7)22-17;1-16(2,3)21-15(20)19-8-6-11(7-9-19)12-4-5-13(17)14(18)10-12;7-4-1-2-6(9)5(8)3-4;;;;;;;;;;;;;;;/h8H,9-11H2,1-7H3;4-6,10H,7-9H2,1-3H3;1-3H;;;;;;;;;;;;;;;. The van der Waals surface area contributed by atoms with Gasteiger partial charge in [0.1, 0.15) is 22.8 Å². The quantitative estimate of drug-likeness (QED) is 0.169. The Labute approximate surface area is 644 Å². The summed E-state index contributed by atoms with van der Waals surface area (Å²) in [6, 6.07) is 10.1. The van der Waals surface area contributed by atoms with E-state index in [2.05, 4.69) is 31.9 Å². The molecule has 5 rings (SSSR count). The number of carbonyl (C=O) groups excluding carboxylic acids is 2. The maximum Gasteiger partial charge on any atom is 0.490 e. The van der Waals surface area contributed by atoms with E-state index in [1.165, 1.54) is 12.1 Å². The molecule has 67 heavy (non-hydrogen) atoms. The maximum atomic E-state index is 13.6. The van der Waals surface area contributed by atoms with Crippen LogP contribution in [-0.4, -0.2) is 77.7 Å². The van der Waals surface area contributed by atoms with Crippen molar-refractivity contribution in [3.8, 4) is 0 Å². The Morgan fingerprint density at radius 3 is 1.34 bits per heavy atom. The molecule has 376 valence electrons. The van der Waals surface area contributed by atoms with E-state index in [9.17, 15) is 18.4 Å². The van der Waals surface area contributed by atoms with Gasteiger partial charge in [0.15, 0.2) is 0 Å². The van der Waals surface area contributed by atoms with Crippen LogP contribution in [0, 0.1) is 15.2 Å². The number of halogens is 5. The van der Waals surface area contributed by atoms with E-state index in [4.69, 9.17) is 18.8 Å². The molecule has 0 saturated carbocycles. The van der Waals surface area contributed by atoms with Crippen molar-refractivity contribution in [3.05, 3.63) is 83.7 Å². The van der Waals surface area contributed by atoms with Gasteiger partial charge in [-0.05, 0) is 168 Å². The van der Waals surface area contributed by atoms with Crippen LogP contribution < -0.4 is 0 Å². The molecule has 2 amide bonds. The van der Waals surface area contributed by atoms with Gasteiger partial charge in [0.25, 0.3) is 0 Å². The fourth-order valence-electron chi connectivity index (χ4n) is 4.98. The zero-order chi connectivity index (χ0) is 39.2. The van der Waals surface area contributed by atoms with Crippen LogP contribution >= 0.6 is 54.5 Å². The van der Waals surface area contributed by atoms with E-state index in [0.717, 1.165) is 27.5 Å². The smallest absolute Gasteiger partial charge is 0.444 e. The summed E-state index contributed by atoms with van der Waals surface area (Å²) in [6.07, 6.45) is 4.85. The zero-order valence-corrected chi connectivity index (χ0v) is 87.1. The van der Waals surface area contributed by atoms with Crippen LogP contribution in [0.3, 0.4) is 0 Å². The van der Waals surface area contributed by atoms with E-state index in [1.54, 1.807) is 21.9 Å². The first-order chi connectivity index (χ1) is 23.9. The number of hydrogen-bond acceptors (Lipinski definition) is 6. The molecule has 0 atom stereocenters. The van der Waals surface area contributed by atoms with Gasteiger partial charge < -0.3 is 28.6 Å². The third-order valence-electron chi connectivity index (χ3n) is 8.48. The van der Waals surface area contributed by atoms with E-state index >= 15 is 0 Å². The third kappa shape index (κ3) is 39.4. The molecule has 0 aromatic heterocycles. The molecule has 0 unspecified atom stereocenters. The average molecular weight is 3720 g/mol. The van der Waals surface area contributed by atoms with Gasteiger partial charge in [-0.15, -0.1) is 0 Å². The number of ether oxygens (including phenoxy) is 2. The Morgan fingerprint density at radius 1 is 0.627 bits per heavy atom. The Balaban J connectivity index is -0.0000000562. The molecule has 0 bridgehead atoms. The van der Waals surface area contributed by atoms with Gasteiger partial charge in [-0.1, -0.05) is 34.1 Å². The molecule has 0 aliphatic carbocycles. The van der Waals surface area contributed by atoms with Crippen molar-refractivity contribution in [2.24, 2.45) is 0 Å². The summed E-state index contributed by atoms with van der Waals surface area (Å²) in [6.45, 7) is 21.6. The topological polar surface area (TPSA) is 77.5 Å². The molecule has 2 aromatic carbocycles. The monoisotopic (exact) mass is 3720 g/mol. The summed E-state index contributed by atoms with van der Waals surface area (Å²) >= 11 is 8.24. The Morgan fingerprint density at radius 2 is 1.03 bits per heavy atom. The predicted octanol–water partition coefficient (Wildman–Crippen LogP) is 11.0. The number of carbonyl (C=O) groups is 2. The predicted molar refractivity (Wildman–Crippen MR) is 218 cm³/mol. The van der Waals surface area contributed by atoms with E-state index in [0.29, 0.717) is 40.6 Å². The van der Waals surface area contributed by atoms with Gasteiger partial charge in [-0.2, -0.15) is 0 Å². The minimum Gasteiger partial charge on any atom is -0.444 e. The first-order valence-electron chi connectivity index (χ1n) is 17.1. The van der Waals surface area contributed by atoms with Gasteiger partial charge in [0, 0.05) is 350 Å². The molecule has 8 nitrogen and oxygen atoms in total. The van der Waals surface area contributed by atoms with Crippen molar-refractivity contribution in [3.63, 3.8) is 0 Å². The van der Waals surface area contributed by atoms with Crippen molar-refractivity contribution in [1.82, 2.24) is 9.80 Å². The number of benzene rings is 2. The van der Waals surface area contributed by atoms with E-state index in [-0.39, 0.29) is 358 Å². The molecule has 1 fully saturated rings. The molecule has 1 saturated heterocycles. The molecule has 0 N–H and O–H groups in total. The van der Waals surface area contributed by atoms with Crippen molar-refractivity contribution in [2.75, 3.05) is 26.2 Å². The van der Waals surface area contributed by atoms with Gasteiger partial charge >= 0.3 is 19.3 Å². The number of rotatable bonds is 2. The Bertz CT molecular complexity index is 1690. The minimum atomic E-state index is -0.490. The van der Waals surface area contributed by atoms with Gasteiger partial charge in [-0.3, -0.25) is 0 Å². The molecule has 0 radical (unpaired) electrons. The van der Waals surface area contributed by atoms with E-state index < -0.39 is 11.2 Å². The van der Waals surface area contributed by atoms with Crippen LogP contribution in [0.5, 0.6) is 0 Å². The molecule has 3 heterocycles. The van der Waals surface area contributed by atoms with E-state index in [1.807, 2.05) is 116 Å². The summed E-state index contributed by atoms with van der Waals surface area (Å²) in [5.74, 6) is -0.451. The maximum absolute atomic E-state index is 13.6. The van der Waals surface area contributed by atoms with Crippen LogP contribution in [0.25, 0.3) is 5.57 Å². The largest absolute Gasteiger partial charge is 0.490 e. The van der Waals surface area contributed by atoms with Crippen molar-refractivity contribution in [2.45, 2.75) is 104 Å². The average Bonchev–Trinajstić information content (AvgIpc) is 3.25. The second kappa shape index (κ2) is 50.1. The van der Waals surface area contributed by atoms with Crippen LogP contribution in [-0.2, 0) is 335 Å². The molecule has 3 aliphatic heterocycles. The molecule has 2 aromatic rings. The van der Waals surface area contributed by atoms with Gasteiger partial charge in [-0.25, -0.2) is 18.4 Å². The fourth-order valence-corrected chi connectivity index (χ4v) is 5.89. The van der Waals surface area contributed by atoms with Gasteiger partial charge in [0.05, 0.1) is 15.7 Å². The summed E-state index contributed by atoms with van der Waals surface area (Å²) in [5, 5.41) is 0. The summed E-state index contributed by atoms with van der Waals surface area (Å²) in [4.78, 5) is 27.4. The normalized spacial score (nSPS) is 14.2. The number of nitrogens with zero attached hydrogens (tertiary/aromatic N) is 2. The SMILES string of the molecule is CC(C)(C)OC(=O)N1CC=C(B2OC(C)(C)C(C)(C)O2)CC1.CC(C)(C)OC(=O)N1CC=C(c2ccc(Br)c(F)c2)CC1.Fc1cc(Br)ccc1I.[W].[W].[W].[W].[W].[W].[W].[W].[W].[W].[W].[W].[W].[W].[W]. The van der Waals surface area contributed by atoms with Crippen LogP contribution in [0.4, 0.5) is 18.4 Å². The molecule has 0 spiro atoms. The van der Waals surface area contributed by atoms with Crippen LogP contribution in [0.2, 0.25) is 0 Å². The van der Waals surface area contributed by atoms with Crippen molar-refractivity contribution >= 4 is 79.3 Å². The van der Waals surface area contributed by atoms with Crippen LogP contribution in [0.1, 0.15) is 87.6 Å². The Hall–Kier alpha value is 8.32. The zero-order valence-electron chi connectivity index (χ0n) is 37.8. The Kier molecular flexibility index (Phi) is 80.1. The molecular weight excluding hydrogens is 3670 g/mol. The molecular formula is C38H50BBr2F2IN2O6W15. The summed E-state index contributed by atoms with van der Waals surface area (Å²) in [5.41, 5.74) is 1.41.